The van der Waals surface area contributed by atoms with Crippen molar-refractivity contribution in [2.75, 3.05) is 20.8 Å². The molecule has 1 aliphatic heterocycles. The van der Waals surface area contributed by atoms with Crippen molar-refractivity contribution in [2.45, 2.75) is 45.2 Å². The molecule has 0 aliphatic carbocycles. The third-order valence-corrected chi connectivity index (χ3v) is 6.77. The van der Waals surface area contributed by atoms with E-state index < -0.39 is 0 Å². The van der Waals surface area contributed by atoms with Crippen LogP contribution in [-0.2, 0) is 18.4 Å². The molecular formula is C28H32ClNO2. The summed E-state index contributed by atoms with van der Waals surface area (Å²) in [5.74, 6) is 1.55. The molecule has 0 amide bonds. The number of benzene rings is 3. The minimum Gasteiger partial charge on any atom is -0.493 e. The minimum atomic E-state index is 0.115. The van der Waals surface area contributed by atoms with Crippen LogP contribution in [0.5, 0.6) is 11.5 Å². The highest BCUT2D eigenvalue weighted by atomic mass is 35.5. The van der Waals surface area contributed by atoms with Gasteiger partial charge < -0.3 is 9.47 Å². The van der Waals surface area contributed by atoms with E-state index in [-0.39, 0.29) is 11.5 Å². The van der Waals surface area contributed by atoms with E-state index in [1.165, 1.54) is 22.3 Å². The largest absolute Gasteiger partial charge is 0.493 e. The lowest BCUT2D eigenvalue weighted by atomic mass is 9.83. The molecule has 0 spiro atoms. The summed E-state index contributed by atoms with van der Waals surface area (Å²) < 4.78 is 11.2. The van der Waals surface area contributed by atoms with Gasteiger partial charge in [0.15, 0.2) is 11.5 Å². The first-order chi connectivity index (χ1) is 15.3. The van der Waals surface area contributed by atoms with Crippen molar-refractivity contribution in [1.29, 1.82) is 0 Å². The van der Waals surface area contributed by atoms with E-state index in [4.69, 9.17) is 21.1 Å². The van der Waals surface area contributed by atoms with Crippen molar-refractivity contribution in [3.05, 3.63) is 93.5 Å². The highest BCUT2D eigenvalue weighted by Gasteiger charge is 2.31. The fraction of sp³-hybridized carbons (Fsp3) is 0.357. The maximum Gasteiger partial charge on any atom is 0.161 e. The van der Waals surface area contributed by atoms with E-state index in [0.29, 0.717) is 0 Å². The molecule has 168 valence electrons. The highest BCUT2D eigenvalue weighted by molar-refractivity contribution is 6.31. The van der Waals surface area contributed by atoms with Gasteiger partial charge in [0.2, 0.25) is 0 Å². The second-order valence-corrected chi connectivity index (χ2v) is 9.90. The monoisotopic (exact) mass is 449 g/mol. The number of ether oxygens (including phenoxy) is 2. The molecule has 0 fully saturated rings. The average Bonchev–Trinajstić information content (AvgIpc) is 2.79. The number of hydrogen-bond acceptors (Lipinski definition) is 3. The summed E-state index contributed by atoms with van der Waals surface area (Å²) >= 11 is 6.53. The van der Waals surface area contributed by atoms with Crippen molar-refractivity contribution in [2.24, 2.45) is 0 Å². The summed E-state index contributed by atoms with van der Waals surface area (Å²) in [6, 6.07) is 21.6. The maximum absolute atomic E-state index is 6.53. The second kappa shape index (κ2) is 9.17. The Hall–Kier alpha value is -2.49. The number of methoxy groups -OCH3 is 2. The van der Waals surface area contributed by atoms with E-state index in [0.717, 1.165) is 41.6 Å². The SMILES string of the molecule is COc1cc2c(cc1OC)C(c1ccc(C(C)(C)C)cc1)N(Cc1ccccc1Cl)CC2. The molecule has 1 aliphatic rings. The molecular weight excluding hydrogens is 418 g/mol. The number of rotatable bonds is 5. The van der Waals surface area contributed by atoms with Gasteiger partial charge in [0.05, 0.1) is 20.3 Å². The van der Waals surface area contributed by atoms with Gasteiger partial charge in [-0.3, -0.25) is 4.90 Å². The van der Waals surface area contributed by atoms with Gasteiger partial charge in [-0.05, 0) is 57.9 Å². The summed E-state index contributed by atoms with van der Waals surface area (Å²) in [7, 11) is 3.39. The van der Waals surface area contributed by atoms with E-state index in [9.17, 15) is 0 Å². The Labute approximate surface area is 196 Å². The molecule has 1 unspecified atom stereocenters. The van der Waals surface area contributed by atoms with Gasteiger partial charge in [-0.2, -0.15) is 0 Å². The molecule has 1 atom stereocenters. The molecule has 1 heterocycles. The van der Waals surface area contributed by atoms with Crippen LogP contribution in [0.2, 0.25) is 5.02 Å². The maximum atomic E-state index is 6.53. The van der Waals surface area contributed by atoms with E-state index >= 15 is 0 Å². The molecule has 4 heteroatoms. The molecule has 0 radical (unpaired) electrons. The van der Waals surface area contributed by atoms with Crippen LogP contribution in [0.3, 0.4) is 0 Å². The lowest BCUT2D eigenvalue weighted by Gasteiger charge is -2.38. The third kappa shape index (κ3) is 4.51. The van der Waals surface area contributed by atoms with Gasteiger partial charge in [-0.1, -0.05) is 74.8 Å². The molecule has 3 aromatic rings. The predicted octanol–water partition coefficient (Wildman–Crippen LogP) is 6.80. The van der Waals surface area contributed by atoms with Crippen molar-refractivity contribution >= 4 is 11.6 Å². The topological polar surface area (TPSA) is 21.7 Å². The zero-order chi connectivity index (χ0) is 22.9. The van der Waals surface area contributed by atoms with Crippen molar-refractivity contribution in [1.82, 2.24) is 4.90 Å². The molecule has 32 heavy (non-hydrogen) atoms. The van der Waals surface area contributed by atoms with Gasteiger partial charge in [-0.15, -0.1) is 0 Å². The molecule has 0 bridgehead atoms. The van der Waals surface area contributed by atoms with Crippen LogP contribution in [-0.4, -0.2) is 25.7 Å². The Morgan fingerprint density at radius 2 is 1.59 bits per heavy atom. The zero-order valence-corrected chi connectivity index (χ0v) is 20.4. The van der Waals surface area contributed by atoms with Gasteiger partial charge in [0, 0.05) is 18.1 Å². The van der Waals surface area contributed by atoms with Crippen LogP contribution in [0, 0.1) is 0 Å². The van der Waals surface area contributed by atoms with Gasteiger partial charge >= 0.3 is 0 Å². The molecule has 0 saturated carbocycles. The molecule has 4 rings (SSSR count). The van der Waals surface area contributed by atoms with Gasteiger partial charge in [0.1, 0.15) is 0 Å². The summed E-state index contributed by atoms with van der Waals surface area (Å²) in [6.07, 6.45) is 0.955. The Morgan fingerprint density at radius 3 is 2.22 bits per heavy atom. The van der Waals surface area contributed by atoms with Gasteiger partial charge in [0.25, 0.3) is 0 Å². The third-order valence-electron chi connectivity index (χ3n) is 6.40. The van der Waals surface area contributed by atoms with E-state index in [1.54, 1.807) is 14.2 Å². The summed E-state index contributed by atoms with van der Waals surface area (Å²) in [5.41, 5.74) is 6.46. The first-order valence-corrected chi connectivity index (χ1v) is 11.5. The van der Waals surface area contributed by atoms with Crippen LogP contribution in [0.25, 0.3) is 0 Å². The van der Waals surface area contributed by atoms with Crippen molar-refractivity contribution in [3.63, 3.8) is 0 Å². The Kier molecular flexibility index (Phi) is 6.50. The average molecular weight is 450 g/mol. The van der Waals surface area contributed by atoms with Crippen LogP contribution in [0.1, 0.15) is 54.6 Å². The van der Waals surface area contributed by atoms with Crippen molar-refractivity contribution < 1.29 is 9.47 Å². The predicted molar refractivity (Wildman–Crippen MR) is 132 cm³/mol. The first kappa shape index (κ1) is 22.7. The lowest BCUT2D eigenvalue weighted by Crippen LogP contribution is -2.36. The molecule has 0 saturated heterocycles. The summed E-state index contributed by atoms with van der Waals surface area (Å²) in [5, 5.41) is 0.812. The van der Waals surface area contributed by atoms with Crippen LogP contribution >= 0.6 is 11.6 Å². The van der Waals surface area contributed by atoms with Crippen molar-refractivity contribution in [3.8, 4) is 11.5 Å². The van der Waals surface area contributed by atoms with E-state index in [2.05, 4.69) is 74.2 Å². The second-order valence-electron chi connectivity index (χ2n) is 9.49. The Morgan fingerprint density at radius 1 is 0.938 bits per heavy atom. The summed E-state index contributed by atoms with van der Waals surface area (Å²) in [6.45, 7) is 8.48. The fourth-order valence-corrected chi connectivity index (χ4v) is 4.76. The summed E-state index contributed by atoms with van der Waals surface area (Å²) in [4.78, 5) is 2.52. The van der Waals surface area contributed by atoms with Gasteiger partial charge in [-0.25, -0.2) is 0 Å². The first-order valence-electron chi connectivity index (χ1n) is 11.1. The van der Waals surface area contributed by atoms with Crippen LogP contribution in [0.15, 0.2) is 60.7 Å². The Balaban J connectivity index is 1.80. The number of halogens is 1. The minimum absolute atomic E-state index is 0.115. The molecule has 3 nitrogen and oxygen atoms in total. The van der Waals surface area contributed by atoms with Crippen LogP contribution < -0.4 is 9.47 Å². The molecule has 0 aromatic heterocycles. The fourth-order valence-electron chi connectivity index (χ4n) is 4.57. The number of hydrogen-bond donors (Lipinski definition) is 0. The molecule has 3 aromatic carbocycles. The number of fused-ring (bicyclic) bond motifs is 1. The normalized spacial score (nSPS) is 16.5. The number of nitrogens with zero attached hydrogens (tertiary/aromatic N) is 1. The van der Waals surface area contributed by atoms with E-state index in [1.807, 2.05) is 12.1 Å². The zero-order valence-electron chi connectivity index (χ0n) is 19.6. The quantitative estimate of drug-likeness (QED) is 0.427. The smallest absolute Gasteiger partial charge is 0.161 e. The highest BCUT2D eigenvalue weighted by Crippen LogP contribution is 2.42. The van der Waals surface area contributed by atoms with Crippen LogP contribution in [0.4, 0.5) is 0 Å². The molecule has 0 N–H and O–H groups in total. The Bertz CT molecular complexity index is 1090. The standard InChI is InChI=1S/C28H32ClNO2/c1-28(2,3)22-12-10-19(11-13-22)27-23-17-26(32-5)25(31-4)16-20(23)14-15-30(27)18-21-8-6-7-9-24(21)29/h6-13,16-17,27H,14-15,18H2,1-5H3. The lowest BCUT2D eigenvalue weighted by molar-refractivity contribution is 0.203.